The third-order valence-electron chi connectivity index (χ3n) is 3.29. The van der Waals surface area contributed by atoms with Crippen molar-refractivity contribution in [2.45, 2.75) is 25.3 Å². The van der Waals surface area contributed by atoms with Gasteiger partial charge in [0.15, 0.2) is 0 Å². The molecular weight excluding hydrogens is 214 g/mol. The highest BCUT2D eigenvalue weighted by atomic mass is 16.3. The van der Waals surface area contributed by atoms with Crippen molar-refractivity contribution in [3.63, 3.8) is 0 Å². The number of aliphatic hydroxyl groups is 1. The molecule has 90 valence electrons. The largest absolute Gasteiger partial charge is 0.399 e. The molecule has 1 aromatic rings. The summed E-state index contributed by atoms with van der Waals surface area (Å²) in [5, 5.41) is 18.5. The molecule has 0 aromatic heterocycles. The van der Waals surface area contributed by atoms with Gasteiger partial charge in [0.1, 0.15) is 6.07 Å². The number of nitrogen functional groups attached to an aromatic ring is 1. The Hall–Kier alpha value is -1.73. The molecule has 3 N–H and O–H groups in total. The molecule has 1 heterocycles. The van der Waals surface area contributed by atoms with Crippen molar-refractivity contribution >= 4 is 11.4 Å². The maximum Gasteiger partial charge on any atom is 0.101 e. The number of piperidine rings is 1. The maximum atomic E-state index is 9.39. The number of hydrogen-bond donors (Lipinski definition) is 2. The van der Waals surface area contributed by atoms with Gasteiger partial charge in [-0.1, -0.05) is 0 Å². The lowest BCUT2D eigenvalue weighted by Gasteiger charge is -2.37. The third kappa shape index (κ3) is 2.34. The van der Waals surface area contributed by atoms with Crippen LogP contribution < -0.4 is 10.6 Å². The van der Waals surface area contributed by atoms with Crippen molar-refractivity contribution in [1.29, 1.82) is 5.26 Å². The van der Waals surface area contributed by atoms with Gasteiger partial charge in [-0.15, -0.1) is 0 Å². The van der Waals surface area contributed by atoms with Crippen molar-refractivity contribution in [2.75, 3.05) is 23.8 Å². The Labute approximate surface area is 101 Å². The number of benzene rings is 1. The zero-order valence-corrected chi connectivity index (χ0v) is 9.76. The van der Waals surface area contributed by atoms with E-state index in [1.807, 2.05) is 6.07 Å². The van der Waals surface area contributed by atoms with E-state index in [1.54, 1.807) is 12.1 Å². The summed E-state index contributed by atoms with van der Waals surface area (Å²) < 4.78 is 0. The van der Waals surface area contributed by atoms with E-state index in [1.165, 1.54) is 0 Å². The van der Waals surface area contributed by atoms with Crippen LogP contribution in [0.5, 0.6) is 0 Å². The van der Waals surface area contributed by atoms with Gasteiger partial charge in [0, 0.05) is 12.2 Å². The fraction of sp³-hybridized carbons (Fsp3) is 0.462. The highest BCUT2D eigenvalue weighted by Gasteiger charge is 2.23. The summed E-state index contributed by atoms with van der Waals surface area (Å²) in [6, 6.07) is 7.67. The highest BCUT2D eigenvalue weighted by Crippen LogP contribution is 2.28. The maximum absolute atomic E-state index is 9.39. The first-order valence-electron chi connectivity index (χ1n) is 5.93. The zero-order chi connectivity index (χ0) is 12.3. The van der Waals surface area contributed by atoms with Crippen molar-refractivity contribution in [3.05, 3.63) is 23.8 Å². The van der Waals surface area contributed by atoms with Crippen LogP contribution in [-0.4, -0.2) is 24.3 Å². The second kappa shape index (κ2) is 5.07. The Bertz CT molecular complexity index is 439. The average Bonchev–Trinajstić information content (AvgIpc) is 2.38. The zero-order valence-electron chi connectivity index (χ0n) is 9.76. The van der Waals surface area contributed by atoms with E-state index in [4.69, 9.17) is 11.0 Å². The minimum atomic E-state index is 0.125. The topological polar surface area (TPSA) is 73.3 Å². The number of nitrogens with zero attached hydrogens (tertiary/aromatic N) is 2. The predicted octanol–water partition coefficient (Wildman–Crippen LogP) is 1.49. The molecule has 17 heavy (non-hydrogen) atoms. The molecule has 4 nitrogen and oxygen atoms in total. The summed E-state index contributed by atoms with van der Waals surface area (Å²) in [6.07, 6.45) is 3.22. The Balaban J connectivity index is 2.35. The monoisotopic (exact) mass is 231 g/mol. The normalized spacial score (nSPS) is 20.0. The van der Waals surface area contributed by atoms with Crippen LogP contribution in [0.15, 0.2) is 18.2 Å². The van der Waals surface area contributed by atoms with Gasteiger partial charge in [-0.2, -0.15) is 5.26 Å². The average molecular weight is 231 g/mol. The van der Waals surface area contributed by atoms with Crippen LogP contribution in [0, 0.1) is 11.3 Å². The van der Waals surface area contributed by atoms with Gasteiger partial charge < -0.3 is 15.7 Å². The van der Waals surface area contributed by atoms with E-state index in [-0.39, 0.29) is 12.6 Å². The van der Waals surface area contributed by atoms with Gasteiger partial charge in [0.05, 0.1) is 23.9 Å². The fourth-order valence-electron chi connectivity index (χ4n) is 2.40. The highest BCUT2D eigenvalue weighted by molar-refractivity contribution is 5.65. The Morgan fingerprint density at radius 2 is 2.29 bits per heavy atom. The van der Waals surface area contributed by atoms with Gasteiger partial charge in [-0.25, -0.2) is 0 Å². The summed E-state index contributed by atoms with van der Waals surface area (Å²) in [4.78, 5) is 2.13. The summed E-state index contributed by atoms with van der Waals surface area (Å²) in [5.41, 5.74) is 7.76. The number of nitrogens with two attached hydrogens (primary N) is 1. The standard InChI is InChI=1S/C13H17N3O/c14-8-10-7-11(15)4-5-13(10)16-6-2-1-3-12(16)9-17/h4-5,7,12,17H,1-3,6,9,15H2. The van der Waals surface area contributed by atoms with Crippen LogP contribution in [0.2, 0.25) is 0 Å². The minimum Gasteiger partial charge on any atom is -0.399 e. The fourth-order valence-corrected chi connectivity index (χ4v) is 2.40. The van der Waals surface area contributed by atoms with Gasteiger partial charge in [-0.05, 0) is 37.5 Å². The van der Waals surface area contributed by atoms with Crippen molar-refractivity contribution < 1.29 is 5.11 Å². The molecule has 0 aliphatic carbocycles. The van der Waals surface area contributed by atoms with Gasteiger partial charge in [0.2, 0.25) is 0 Å². The summed E-state index contributed by atoms with van der Waals surface area (Å²) in [6.45, 7) is 1.03. The van der Waals surface area contributed by atoms with E-state index >= 15 is 0 Å². The Kier molecular flexibility index (Phi) is 3.50. The van der Waals surface area contributed by atoms with Crippen LogP contribution in [0.25, 0.3) is 0 Å². The first kappa shape index (κ1) is 11.7. The van der Waals surface area contributed by atoms with Crippen LogP contribution in [0.3, 0.4) is 0 Å². The van der Waals surface area contributed by atoms with Crippen molar-refractivity contribution in [1.82, 2.24) is 0 Å². The lowest BCUT2D eigenvalue weighted by Crippen LogP contribution is -2.42. The SMILES string of the molecule is N#Cc1cc(N)ccc1N1CCCCC1CO. The van der Waals surface area contributed by atoms with Gasteiger partial charge in [-0.3, -0.25) is 0 Å². The summed E-state index contributed by atoms with van der Waals surface area (Å²) in [5.74, 6) is 0. The smallest absolute Gasteiger partial charge is 0.101 e. The first-order chi connectivity index (χ1) is 8.26. The Morgan fingerprint density at radius 1 is 1.47 bits per heavy atom. The quantitative estimate of drug-likeness (QED) is 0.756. The van der Waals surface area contributed by atoms with E-state index in [9.17, 15) is 5.11 Å². The molecule has 4 heteroatoms. The molecule has 0 spiro atoms. The van der Waals surface area contributed by atoms with Gasteiger partial charge in [0.25, 0.3) is 0 Å². The lowest BCUT2D eigenvalue weighted by atomic mass is 10.0. The van der Waals surface area contributed by atoms with E-state index in [0.29, 0.717) is 11.3 Å². The number of hydrogen-bond acceptors (Lipinski definition) is 4. The van der Waals surface area contributed by atoms with E-state index in [0.717, 1.165) is 31.5 Å². The number of rotatable bonds is 2. The van der Waals surface area contributed by atoms with Crippen LogP contribution in [0.4, 0.5) is 11.4 Å². The molecule has 1 fully saturated rings. The molecule has 1 aliphatic heterocycles. The van der Waals surface area contributed by atoms with Gasteiger partial charge >= 0.3 is 0 Å². The van der Waals surface area contributed by atoms with Crippen LogP contribution >= 0.6 is 0 Å². The predicted molar refractivity (Wildman–Crippen MR) is 67.6 cm³/mol. The second-order valence-corrected chi connectivity index (χ2v) is 4.41. The lowest BCUT2D eigenvalue weighted by molar-refractivity contribution is 0.240. The second-order valence-electron chi connectivity index (χ2n) is 4.41. The van der Waals surface area contributed by atoms with E-state index < -0.39 is 0 Å². The third-order valence-corrected chi connectivity index (χ3v) is 3.29. The first-order valence-corrected chi connectivity index (χ1v) is 5.93. The van der Waals surface area contributed by atoms with Crippen molar-refractivity contribution in [2.24, 2.45) is 0 Å². The molecular formula is C13H17N3O. The molecule has 1 saturated heterocycles. The van der Waals surface area contributed by atoms with E-state index in [2.05, 4.69) is 11.0 Å². The van der Waals surface area contributed by atoms with Crippen LogP contribution in [-0.2, 0) is 0 Å². The molecule has 2 rings (SSSR count). The number of nitriles is 1. The molecule has 0 amide bonds. The van der Waals surface area contributed by atoms with Crippen LogP contribution in [0.1, 0.15) is 24.8 Å². The summed E-state index contributed by atoms with van der Waals surface area (Å²) in [7, 11) is 0. The van der Waals surface area contributed by atoms with Crippen molar-refractivity contribution in [3.8, 4) is 6.07 Å². The molecule has 1 unspecified atom stereocenters. The molecule has 0 saturated carbocycles. The molecule has 0 radical (unpaired) electrons. The summed E-state index contributed by atoms with van der Waals surface area (Å²) >= 11 is 0. The number of aliphatic hydroxyl groups excluding tert-OH is 1. The molecule has 1 aliphatic rings. The molecule has 0 bridgehead atoms. The Morgan fingerprint density at radius 3 is 3.00 bits per heavy atom. The minimum absolute atomic E-state index is 0.125. The molecule has 1 atom stereocenters. The molecule has 1 aromatic carbocycles. The number of anilines is 2.